The molecule has 1 amide bonds. The summed E-state index contributed by atoms with van der Waals surface area (Å²) in [4.78, 5) is 12.9. The van der Waals surface area contributed by atoms with Gasteiger partial charge < -0.3 is 24.3 Å². The highest BCUT2D eigenvalue weighted by Crippen LogP contribution is 2.35. The van der Waals surface area contributed by atoms with Crippen molar-refractivity contribution in [3.63, 3.8) is 0 Å². The Morgan fingerprint density at radius 2 is 1.50 bits per heavy atom. The van der Waals surface area contributed by atoms with Crippen LogP contribution < -0.4 is 28.6 Å². The molecule has 0 heterocycles. The number of hydrogen-bond donors (Lipinski definition) is 1. The van der Waals surface area contributed by atoms with E-state index in [4.69, 9.17) is 18.9 Å². The SMILES string of the molecule is COc1ccc(OC)c(N([C@H](C)C(=O)Nc2ccc(OC)c(OC)c2)S(C)(=O)=O)c1. The van der Waals surface area contributed by atoms with Crippen molar-refractivity contribution in [3.05, 3.63) is 36.4 Å². The van der Waals surface area contributed by atoms with E-state index in [9.17, 15) is 13.2 Å². The molecule has 10 heteroatoms. The molecule has 0 unspecified atom stereocenters. The van der Waals surface area contributed by atoms with Crippen molar-refractivity contribution in [2.24, 2.45) is 0 Å². The van der Waals surface area contributed by atoms with Crippen LogP contribution in [-0.4, -0.2) is 55.1 Å². The molecule has 164 valence electrons. The molecule has 2 rings (SSSR count). The normalized spacial score (nSPS) is 11.9. The van der Waals surface area contributed by atoms with Crippen molar-refractivity contribution in [2.45, 2.75) is 13.0 Å². The lowest BCUT2D eigenvalue weighted by Gasteiger charge is -2.29. The summed E-state index contributed by atoms with van der Waals surface area (Å²) < 4.78 is 47.1. The molecule has 0 radical (unpaired) electrons. The van der Waals surface area contributed by atoms with Crippen molar-refractivity contribution in [3.8, 4) is 23.0 Å². The van der Waals surface area contributed by atoms with Crippen molar-refractivity contribution >= 4 is 27.3 Å². The molecule has 0 aliphatic heterocycles. The summed E-state index contributed by atoms with van der Waals surface area (Å²) in [5.41, 5.74) is 0.616. The smallest absolute Gasteiger partial charge is 0.247 e. The fourth-order valence-corrected chi connectivity index (χ4v) is 4.08. The predicted octanol–water partition coefficient (Wildman–Crippen LogP) is 2.51. The molecule has 0 bridgehead atoms. The van der Waals surface area contributed by atoms with Gasteiger partial charge in [0.2, 0.25) is 15.9 Å². The van der Waals surface area contributed by atoms with Crippen molar-refractivity contribution in [2.75, 3.05) is 44.3 Å². The number of sulfonamides is 1. The molecular weight excluding hydrogens is 412 g/mol. The lowest BCUT2D eigenvalue weighted by molar-refractivity contribution is -0.116. The van der Waals surface area contributed by atoms with Crippen LogP contribution in [0.2, 0.25) is 0 Å². The number of methoxy groups -OCH3 is 4. The van der Waals surface area contributed by atoms with Crippen molar-refractivity contribution in [1.29, 1.82) is 0 Å². The maximum Gasteiger partial charge on any atom is 0.247 e. The first-order valence-electron chi connectivity index (χ1n) is 8.90. The summed E-state index contributed by atoms with van der Waals surface area (Å²) >= 11 is 0. The fourth-order valence-electron chi connectivity index (χ4n) is 2.91. The molecule has 2 aromatic carbocycles. The minimum absolute atomic E-state index is 0.189. The highest BCUT2D eigenvalue weighted by atomic mass is 32.2. The predicted molar refractivity (Wildman–Crippen MR) is 115 cm³/mol. The third-order valence-corrected chi connectivity index (χ3v) is 5.59. The number of anilines is 2. The maximum absolute atomic E-state index is 12.9. The van der Waals surface area contributed by atoms with Crippen LogP contribution in [0, 0.1) is 0 Å². The number of benzene rings is 2. The monoisotopic (exact) mass is 438 g/mol. The van der Waals surface area contributed by atoms with E-state index >= 15 is 0 Å². The quantitative estimate of drug-likeness (QED) is 0.642. The Hall–Kier alpha value is -3.14. The molecule has 0 saturated carbocycles. The summed E-state index contributed by atoms with van der Waals surface area (Å²) in [5.74, 6) is 1.09. The molecule has 2 aromatic rings. The molecule has 0 spiro atoms. The van der Waals surface area contributed by atoms with Crippen LogP contribution in [0.3, 0.4) is 0 Å². The Balaban J connectivity index is 2.41. The second kappa shape index (κ2) is 9.57. The van der Waals surface area contributed by atoms with Gasteiger partial charge in [-0.2, -0.15) is 0 Å². The lowest BCUT2D eigenvalue weighted by Crippen LogP contribution is -2.45. The Bertz CT molecular complexity index is 1010. The highest BCUT2D eigenvalue weighted by molar-refractivity contribution is 7.92. The lowest BCUT2D eigenvalue weighted by atomic mass is 10.2. The number of ether oxygens (including phenoxy) is 4. The third kappa shape index (κ3) is 5.07. The third-order valence-electron chi connectivity index (χ3n) is 4.36. The van der Waals surface area contributed by atoms with E-state index in [1.165, 1.54) is 41.4 Å². The van der Waals surface area contributed by atoms with Gasteiger partial charge in [0.05, 0.1) is 40.4 Å². The molecule has 0 aliphatic carbocycles. The standard InChI is InChI=1S/C20H26N2O7S/c1-13(20(23)21-14-7-9-18(28-4)19(11-14)29-5)22(30(6,24)25)16-12-15(26-2)8-10-17(16)27-3/h7-13H,1-6H3,(H,21,23)/t13-/m1/s1. The summed E-state index contributed by atoms with van der Waals surface area (Å²) in [6, 6.07) is 8.47. The molecule has 0 aliphatic rings. The maximum atomic E-state index is 12.9. The van der Waals surface area contributed by atoms with E-state index in [-0.39, 0.29) is 11.4 Å². The van der Waals surface area contributed by atoms with E-state index in [0.717, 1.165) is 10.6 Å². The first-order valence-corrected chi connectivity index (χ1v) is 10.7. The van der Waals surface area contributed by atoms with Gasteiger partial charge in [-0.3, -0.25) is 9.10 Å². The molecular formula is C20H26N2O7S. The van der Waals surface area contributed by atoms with Gasteiger partial charge in [-0.05, 0) is 31.2 Å². The van der Waals surface area contributed by atoms with Crippen molar-refractivity contribution in [1.82, 2.24) is 0 Å². The van der Waals surface area contributed by atoms with Crippen molar-refractivity contribution < 1.29 is 32.2 Å². The van der Waals surface area contributed by atoms with Gasteiger partial charge in [0, 0.05) is 17.8 Å². The van der Waals surface area contributed by atoms with Crippen LogP contribution in [0.4, 0.5) is 11.4 Å². The Morgan fingerprint density at radius 3 is 2.03 bits per heavy atom. The number of amides is 1. The number of carbonyl (C=O) groups is 1. The number of nitrogens with zero attached hydrogens (tertiary/aromatic N) is 1. The average Bonchev–Trinajstić information content (AvgIpc) is 2.72. The van der Waals surface area contributed by atoms with Gasteiger partial charge >= 0.3 is 0 Å². The molecule has 30 heavy (non-hydrogen) atoms. The van der Waals surface area contributed by atoms with Crippen LogP contribution in [0.5, 0.6) is 23.0 Å². The molecule has 1 N–H and O–H groups in total. The van der Waals surface area contributed by atoms with Crippen LogP contribution in [0.15, 0.2) is 36.4 Å². The number of nitrogens with one attached hydrogen (secondary N) is 1. The van der Waals surface area contributed by atoms with Gasteiger partial charge in [0.15, 0.2) is 11.5 Å². The molecule has 9 nitrogen and oxygen atoms in total. The Labute approximate surface area is 176 Å². The molecule has 0 fully saturated rings. The van der Waals surface area contributed by atoms with E-state index < -0.39 is 22.0 Å². The van der Waals surface area contributed by atoms with Gasteiger partial charge in [-0.1, -0.05) is 0 Å². The van der Waals surface area contributed by atoms with E-state index in [2.05, 4.69) is 5.32 Å². The van der Waals surface area contributed by atoms with E-state index in [0.29, 0.717) is 22.9 Å². The largest absolute Gasteiger partial charge is 0.497 e. The van der Waals surface area contributed by atoms with Gasteiger partial charge in [-0.15, -0.1) is 0 Å². The number of carbonyl (C=O) groups excluding carboxylic acids is 1. The zero-order chi connectivity index (χ0) is 22.5. The minimum atomic E-state index is -3.84. The second-order valence-corrected chi connectivity index (χ2v) is 8.19. The highest BCUT2D eigenvalue weighted by Gasteiger charge is 2.32. The molecule has 1 atom stereocenters. The van der Waals surface area contributed by atoms with Crippen LogP contribution in [0.25, 0.3) is 0 Å². The minimum Gasteiger partial charge on any atom is -0.497 e. The van der Waals surface area contributed by atoms with Gasteiger partial charge in [-0.25, -0.2) is 8.42 Å². The second-order valence-electron chi connectivity index (χ2n) is 6.33. The van der Waals surface area contributed by atoms with E-state index in [1.807, 2.05) is 0 Å². The average molecular weight is 439 g/mol. The zero-order valence-electron chi connectivity index (χ0n) is 17.8. The first-order chi connectivity index (χ1) is 14.2. The summed E-state index contributed by atoms with van der Waals surface area (Å²) in [6.07, 6.45) is 1.02. The summed E-state index contributed by atoms with van der Waals surface area (Å²) in [5, 5.41) is 2.70. The van der Waals surface area contributed by atoms with Crippen LogP contribution in [0.1, 0.15) is 6.92 Å². The topological polar surface area (TPSA) is 103 Å². The van der Waals surface area contributed by atoms with Gasteiger partial charge in [0.25, 0.3) is 0 Å². The van der Waals surface area contributed by atoms with Crippen LogP contribution >= 0.6 is 0 Å². The zero-order valence-corrected chi connectivity index (χ0v) is 18.6. The molecule has 0 aromatic heterocycles. The van der Waals surface area contributed by atoms with Gasteiger partial charge in [0.1, 0.15) is 17.5 Å². The van der Waals surface area contributed by atoms with E-state index in [1.54, 1.807) is 30.3 Å². The first kappa shape index (κ1) is 23.1. The molecule has 0 saturated heterocycles. The Kier molecular flexibility index (Phi) is 7.38. The Morgan fingerprint density at radius 1 is 0.900 bits per heavy atom. The van der Waals surface area contributed by atoms with Crippen LogP contribution in [-0.2, 0) is 14.8 Å². The summed E-state index contributed by atoms with van der Waals surface area (Å²) in [7, 11) is 2.02. The number of rotatable bonds is 9. The number of hydrogen-bond acceptors (Lipinski definition) is 7. The fraction of sp³-hybridized carbons (Fsp3) is 0.350. The summed E-state index contributed by atoms with van der Waals surface area (Å²) in [6.45, 7) is 1.48.